The molecule has 2 heterocycles. The van der Waals surface area contributed by atoms with Crippen molar-refractivity contribution in [3.8, 4) is 5.75 Å². The molecular weight excluding hydrogens is 323 g/mol. The van der Waals surface area contributed by atoms with Crippen molar-refractivity contribution in [3.05, 3.63) is 48.3 Å². The average molecular weight is 346 g/mol. The Morgan fingerprint density at radius 1 is 1.40 bits per heavy atom. The largest absolute Gasteiger partial charge is 0.496 e. The molecule has 1 aliphatic heterocycles. The van der Waals surface area contributed by atoms with Crippen molar-refractivity contribution in [2.75, 3.05) is 20.2 Å². The Morgan fingerprint density at radius 3 is 2.80 bits per heavy atom. The van der Waals surface area contributed by atoms with E-state index in [4.69, 9.17) is 4.74 Å². The van der Waals surface area contributed by atoms with Gasteiger partial charge in [-0.3, -0.25) is 0 Å². The molecule has 3 rings (SSSR count). The van der Waals surface area contributed by atoms with Gasteiger partial charge >= 0.3 is 6.03 Å². The molecule has 0 bridgehead atoms. The Balaban J connectivity index is 1.60. The number of amides is 2. The van der Waals surface area contributed by atoms with Gasteiger partial charge < -0.3 is 19.5 Å². The summed E-state index contributed by atoms with van der Waals surface area (Å²) in [6, 6.07) is 4.37. The number of carbonyl (C=O) groups excluding carboxylic acids is 1. The van der Waals surface area contributed by atoms with Crippen molar-refractivity contribution in [1.29, 1.82) is 0 Å². The Morgan fingerprint density at radius 2 is 2.16 bits per heavy atom. The van der Waals surface area contributed by atoms with E-state index >= 15 is 0 Å². The maximum atomic E-state index is 14.1. The third-order valence-corrected chi connectivity index (χ3v) is 4.70. The Kier molecular flexibility index (Phi) is 5.21. The number of hydrogen-bond acceptors (Lipinski definition) is 3. The molecular formula is C18H23FN4O2. The minimum Gasteiger partial charge on any atom is -0.496 e. The number of ether oxygens (including phenoxy) is 1. The quantitative estimate of drug-likeness (QED) is 0.925. The van der Waals surface area contributed by atoms with Crippen LogP contribution < -0.4 is 10.1 Å². The van der Waals surface area contributed by atoms with Crippen LogP contribution in [0.5, 0.6) is 5.75 Å². The lowest BCUT2D eigenvalue weighted by atomic mass is 10.0. The zero-order valence-corrected chi connectivity index (χ0v) is 14.5. The van der Waals surface area contributed by atoms with Crippen molar-refractivity contribution in [1.82, 2.24) is 19.8 Å². The number of likely N-dealkylation sites (tertiary alicyclic amines) is 1. The van der Waals surface area contributed by atoms with Crippen molar-refractivity contribution in [3.63, 3.8) is 0 Å². The van der Waals surface area contributed by atoms with Gasteiger partial charge in [0.15, 0.2) is 0 Å². The number of imidazole rings is 1. The molecule has 1 atom stereocenters. The predicted molar refractivity (Wildman–Crippen MR) is 92.0 cm³/mol. The molecule has 1 aromatic heterocycles. The standard InChI is InChI=1S/C18H23FN4O2/c1-13(17-15(19)4-3-5-16(17)25-2)21-18(24)22-9-6-14(7-10-22)23-11-8-20-12-23/h3-5,8,11-14H,6-7,9-10H2,1-2H3,(H,21,24)/t13-/m1/s1. The fraction of sp³-hybridized carbons (Fsp3) is 0.444. The summed E-state index contributed by atoms with van der Waals surface area (Å²) in [4.78, 5) is 18.4. The third kappa shape index (κ3) is 3.75. The zero-order valence-electron chi connectivity index (χ0n) is 14.5. The van der Waals surface area contributed by atoms with Gasteiger partial charge in [-0.25, -0.2) is 14.2 Å². The minimum atomic E-state index is -0.477. The highest BCUT2D eigenvalue weighted by Gasteiger charge is 2.26. The number of carbonyl (C=O) groups is 1. The number of methoxy groups -OCH3 is 1. The summed E-state index contributed by atoms with van der Waals surface area (Å²) >= 11 is 0. The van der Waals surface area contributed by atoms with Crippen LogP contribution in [0.2, 0.25) is 0 Å². The molecule has 7 heteroatoms. The molecule has 0 unspecified atom stereocenters. The Hall–Kier alpha value is -2.57. The third-order valence-electron chi connectivity index (χ3n) is 4.70. The van der Waals surface area contributed by atoms with Crippen molar-refractivity contribution < 1.29 is 13.9 Å². The number of nitrogens with one attached hydrogen (secondary N) is 1. The number of nitrogens with zero attached hydrogens (tertiary/aromatic N) is 3. The number of benzene rings is 1. The second kappa shape index (κ2) is 7.55. The van der Waals surface area contributed by atoms with Crippen LogP contribution in [0, 0.1) is 5.82 Å². The number of aromatic nitrogens is 2. The summed E-state index contributed by atoms with van der Waals surface area (Å²) < 4.78 is 21.4. The van der Waals surface area contributed by atoms with Crippen LogP contribution in [0.1, 0.15) is 37.4 Å². The molecule has 2 amide bonds. The van der Waals surface area contributed by atoms with Gasteiger partial charge in [0.1, 0.15) is 11.6 Å². The lowest BCUT2D eigenvalue weighted by Gasteiger charge is -2.33. The molecule has 0 radical (unpaired) electrons. The Bertz CT molecular complexity index is 712. The van der Waals surface area contributed by atoms with E-state index < -0.39 is 6.04 Å². The van der Waals surface area contributed by atoms with Gasteiger partial charge in [0.05, 0.1) is 25.0 Å². The lowest BCUT2D eigenvalue weighted by molar-refractivity contribution is 0.168. The molecule has 0 aliphatic carbocycles. The molecule has 134 valence electrons. The number of urea groups is 1. The highest BCUT2D eigenvalue weighted by molar-refractivity contribution is 5.75. The van der Waals surface area contributed by atoms with Gasteiger partial charge in [-0.05, 0) is 31.9 Å². The van der Waals surface area contributed by atoms with Crippen LogP contribution >= 0.6 is 0 Å². The lowest BCUT2D eigenvalue weighted by Crippen LogP contribution is -2.45. The maximum absolute atomic E-state index is 14.1. The molecule has 0 saturated carbocycles. The normalized spacial score (nSPS) is 16.5. The van der Waals surface area contributed by atoms with Crippen LogP contribution in [0.3, 0.4) is 0 Å². The van der Waals surface area contributed by atoms with E-state index in [9.17, 15) is 9.18 Å². The van der Waals surface area contributed by atoms with Crippen molar-refractivity contribution in [2.45, 2.75) is 31.8 Å². The first-order valence-corrected chi connectivity index (χ1v) is 8.45. The summed E-state index contributed by atoms with van der Waals surface area (Å²) in [7, 11) is 1.49. The summed E-state index contributed by atoms with van der Waals surface area (Å²) in [5, 5.41) is 2.88. The van der Waals surface area contributed by atoms with Crippen LogP contribution in [-0.4, -0.2) is 40.7 Å². The molecule has 6 nitrogen and oxygen atoms in total. The van der Waals surface area contributed by atoms with Crippen LogP contribution in [0.25, 0.3) is 0 Å². The van der Waals surface area contributed by atoms with E-state index in [1.54, 1.807) is 30.2 Å². The monoisotopic (exact) mass is 346 g/mol. The van der Waals surface area contributed by atoms with Gasteiger partial charge in [-0.1, -0.05) is 6.07 Å². The Labute approximate surface area is 146 Å². The molecule has 1 aromatic carbocycles. The predicted octanol–water partition coefficient (Wildman–Crippen LogP) is 3.14. The van der Waals surface area contributed by atoms with Crippen LogP contribution in [-0.2, 0) is 0 Å². The van der Waals surface area contributed by atoms with E-state index in [1.807, 2.05) is 12.5 Å². The average Bonchev–Trinajstić information content (AvgIpc) is 3.16. The van der Waals surface area contributed by atoms with E-state index in [0.717, 1.165) is 12.8 Å². The first kappa shape index (κ1) is 17.3. The molecule has 1 fully saturated rings. The van der Waals surface area contributed by atoms with Crippen molar-refractivity contribution >= 4 is 6.03 Å². The molecule has 1 aliphatic rings. The second-order valence-electron chi connectivity index (χ2n) is 6.26. The SMILES string of the molecule is COc1cccc(F)c1[C@@H](C)NC(=O)N1CCC(n2ccnc2)CC1. The number of halogens is 1. The van der Waals surface area contributed by atoms with Gasteiger partial charge in [0.2, 0.25) is 0 Å². The molecule has 25 heavy (non-hydrogen) atoms. The van der Waals surface area contributed by atoms with Crippen LogP contribution in [0.4, 0.5) is 9.18 Å². The van der Waals surface area contributed by atoms with Gasteiger partial charge in [-0.15, -0.1) is 0 Å². The van der Waals surface area contributed by atoms with Gasteiger partial charge in [0.25, 0.3) is 0 Å². The topological polar surface area (TPSA) is 59.4 Å². The van der Waals surface area contributed by atoms with E-state index in [0.29, 0.717) is 30.4 Å². The van der Waals surface area contributed by atoms with Gasteiger partial charge in [0, 0.05) is 31.5 Å². The minimum absolute atomic E-state index is 0.179. The smallest absolute Gasteiger partial charge is 0.317 e. The van der Waals surface area contributed by atoms with Gasteiger partial charge in [-0.2, -0.15) is 0 Å². The fourth-order valence-electron chi connectivity index (χ4n) is 3.32. The highest BCUT2D eigenvalue weighted by Crippen LogP contribution is 2.28. The number of hydrogen-bond donors (Lipinski definition) is 1. The summed E-state index contributed by atoms with van der Waals surface area (Å²) in [5.74, 6) is 0.0533. The second-order valence-corrected chi connectivity index (χ2v) is 6.26. The summed E-state index contributed by atoms with van der Waals surface area (Å²) in [5.41, 5.74) is 0.367. The zero-order chi connectivity index (χ0) is 17.8. The van der Waals surface area contributed by atoms with Crippen molar-refractivity contribution in [2.24, 2.45) is 0 Å². The van der Waals surface area contributed by atoms with E-state index in [2.05, 4.69) is 14.9 Å². The number of rotatable bonds is 4. The van der Waals surface area contributed by atoms with E-state index in [-0.39, 0.29) is 11.8 Å². The molecule has 2 aromatic rings. The maximum Gasteiger partial charge on any atom is 0.317 e. The first-order chi connectivity index (χ1) is 12.1. The summed E-state index contributed by atoms with van der Waals surface area (Å²) in [6.07, 6.45) is 7.28. The highest BCUT2D eigenvalue weighted by atomic mass is 19.1. The van der Waals surface area contributed by atoms with E-state index in [1.165, 1.54) is 13.2 Å². The summed E-state index contributed by atoms with van der Waals surface area (Å²) in [6.45, 7) is 3.09. The molecule has 0 spiro atoms. The fourth-order valence-corrected chi connectivity index (χ4v) is 3.32. The van der Waals surface area contributed by atoms with Crippen LogP contribution in [0.15, 0.2) is 36.9 Å². The molecule has 1 N–H and O–H groups in total. The molecule has 1 saturated heterocycles. The first-order valence-electron chi connectivity index (χ1n) is 8.45. The number of piperidine rings is 1.